The van der Waals surface area contributed by atoms with Gasteiger partial charge in [0.15, 0.2) is 0 Å². The van der Waals surface area contributed by atoms with Gasteiger partial charge in [0.05, 0.1) is 15.4 Å². The second-order valence-electron chi connectivity index (χ2n) is 6.82. The molecular weight excluding hydrogens is 407 g/mol. The van der Waals surface area contributed by atoms with Gasteiger partial charge in [0.2, 0.25) is 0 Å². The number of fused-ring (bicyclic) bond motifs is 3. The molecule has 1 aliphatic carbocycles. The molecule has 0 bridgehead atoms. The van der Waals surface area contributed by atoms with Crippen molar-refractivity contribution in [2.75, 3.05) is 5.32 Å². The maximum absolute atomic E-state index is 12.7. The van der Waals surface area contributed by atoms with Crippen molar-refractivity contribution in [3.8, 4) is 5.75 Å². The molecule has 2 heterocycles. The van der Waals surface area contributed by atoms with Crippen LogP contribution in [0.15, 0.2) is 23.0 Å². The minimum absolute atomic E-state index is 0.265. The fraction of sp³-hybridized carbons (Fsp3) is 0.263. The summed E-state index contributed by atoms with van der Waals surface area (Å²) in [6, 6.07) is 4.60. The number of aryl methyl sites for hydroxylation is 1. The predicted octanol–water partition coefficient (Wildman–Crippen LogP) is 4.98. The number of amides is 1. The smallest absolute Gasteiger partial charge is 0.265 e. The van der Waals surface area contributed by atoms with Gasteiger partial charge in [-0.05, 0) is 48.9 Å². The Kier molecular flexibility index (Phi) is 4.66. The minimum Gasteiger partial charge on any atom is -0.506 e. The van der Waals surface area contributed by atoms with Crippen LogP contribution in [0.4, 0.5) is 5.69 Å². The number of nitrogens with one attached hydrogen (secondary N) is 2. The number of carbonyl (C=O) groups is 1. The Balaban J connectivity index is 1.78. The lowest BCUT2D eigenvalue weighted by atomic mass is 9.89. The van der Waals surface area contributed by atoms with Gasteiger partial charge in [-0.1, -0.05) is 30.1 Å². The van der Waals surface area contributed by atoms with E-state index in [0.29, 0.717) is 26.8 Å². The number of thiophene rings is 1. The highest BCUT2D eigenvalue weighted by Crippen LogP contribution is 2.41. The first kappa shape index (κ1) is 18.3. The van der Waals surface area contributed by atoms with Gasteiger partial charge in [0.1, 0.15) is 16.1 Å². The molecule has 0 aliphatic heterocycles. The maximum Gasteiger partial charge on any atom is 0.265 e. The van der Waals surface area contributed by atoms with Gasteiger partial charge in [0.25, 0.3) is 11.5 Å². The van der Waals surface area contributed by atoms with Gasteiger partial charge in [-0.3, -0.25) is 9.59 Å². The summed E-state index contributed by atoms with van der Waals surface area (Å²) in [6.45, 7) is 2.19. The lowest BCUT2D eigenvalue weighted by Gasteiger charge is -2.18. The molecule has 0 fully saturated rings. The third-order valence-corrected chi connectivity index (χ3v) is 6.75. The quantitative estimate of drug-likeness (QED) is 0.544. The molecule has 4 rings (SSSR count). The fourth-order valence-corrected chi connectivity index (χ4v) is 5.17. The van der Waals surface area contributed by atoms with Crippen molar-refractivity contribution in [2.24, 2.45) is 5.92 Å². The van der Waals surface area contributed by atoms with Gasteiger partial charge in [-0.2, -0.15) is 0 Å². The Labute approximate surface area is 168 Å². The van der Waals surface area contributed by atoms with E-state index in [9.17, 15) is 14.7 Å². The van der Waals surface area contributed by atoms with E-state index in [-0.39, 0.29) is 16.3 Å². The van der Waals surface area contributed by atoms with Crippen LogP contribution in [0, 0.1) is 5.92 Å². The summed E-state index contributed by atoms with van der Waals surface area (Å²) in [5.41, 5.74) is 0.497. The summed E-state index contributed by atoms with van der Waals surface area (Å²) in [5.74, 6) is -0.395. The fourth-order valence-electron chi connectivity index (χ4n) is 3.47. The van der Waals surface area contributed by atoms with Gasteiger partial charge in [0, 0.05) is 10.6 Å². The standard InChI is InChI=1S/C19H16Cl2N2O3S/c1-8-2-4-10-13(6-8)27-19-14(10)16(24)15(18(26)23-19)17(25)22-9-3-5-11(20)12(21)7-9/h3,5,7-8H,2,4,6H2,1H3,(H,22,25)(H2,23,24,26)/t8-/m1/s1. The molecule has 0 saturated heterocycles. The number of aromatic hydroxyl groups is 1. The van der Waals surface area contributed by atoms with E-state index in [0.717, 1.165) is 29.7 Å². The zero-order chi connectivity index (χ0) is 19.3. The SMILES string of the molecule is C[C@@H]1CCc2c(sc3[nH]c(=O)c(C(=O)Nc4ccc(Cl)c(Cl)c4)c(O)c23)C1. The van der Waals surface area contributed by atoms with Gasteiger partial charge in [-0.15, -0.1) is 11.3 Å². The number of carbonyl (C=O) groups excluding carboxylic acids is 1. The summed E-state index contributed by atoms with van der Waals surface area (Å²) in [5, 5.41) is 14.6. The van der Waals surface area contributed by atoms with Crippen molar-refractivity contribution >= 4 is 56.3 Å². The largest absolute Gasteiger partial charge is 0.506 e. The number of aromatic nitrogens is 1. The number of rotatable bonds is 2. The molecule has 0 radical (unpaired) electrons. The van der Waals surface area contributed by atoms with Gasteiger partial charge in [-0.25, -0.2) is 0 Å². The zero-order valence-corrected chi connectivity index (χ0v) is 16.7. The van der Waals surface area contributed by atoms with E-state index < -0.39 is 11.5 Å². The monoisotopic (exact) mass is 422 g/mol. The molecular formula is C19H16Cl2N2O3S. The van der Waals surface area contributed by atoms with E-state index in [1.807, 2.05) is 0 Å². The van der Waals surface area contributed by atoms with Crippen molar-refractivity contribution in [3.63, 3.8) is 0 Å². The summed E-state index contributed by atoms with van der Waals surface area (Å²) in [4.78, 5) is 29.7. The van der Waals surface area contributed by atoms with Gasteiger partial charge >= 0.3 is 0 Å². The Hall–Kier alpha value is -2.02. The number of aromatic amines is 1. The van der Waals surface area contributed by atoms with Crippen molar-refractivity contribution in [1.29, 1.82) is 0 Å². The molecule has 0 unspecified atom stereocenters. The summed E-state index contributed by atoms with van der Waals surface area (Å²) < 4.78 is 0. The molecule has 1 aliphatic rings. The number of hydrogen-bond donors (Lipinski definition) is 3. The average molecular weight is 423 g/mol. The number of halogens is 2. The third kappa shape index (κ3) is 3.22. The molecule has 5 nitrogen and oxygen atoms in total. The molecule has 1 amide bonds. The van der Waals surface area contributed by atoms with E-state index in [1.54, 1.807) is 12.1 Å². The van der Waals surface area contributed by atoms with Crippen molar-refractivity contribution in [2.45, 2.75) is 26.2 Å². The van der Waals surface area contributed by atoms with Crippen LogP contribution < -0.4 is 10.9 Å². The highest BCUT2D eigenvalue weighted by molar-refractivity contribution is 7.18. The van der Waals surface area contributed by atoms with E-state index in [2.05, 4.69) is 17.2 Å². The average Bonchev–Trinajstić information content (AvgIpc) is 2.95. The van der Waals surface area contributed by atoms with Crippen LogP contribution in [0.3, 0.4) is 0 Å². The van der Waals surface area contributed by atoms with Crippen LogP contribution in [0.2, 0.25) is 10.0 Å². The van der Waals surface area contributed by atoms with Crippen molar-refractivity contribution < 1.29 is 9.90 Å². The Morgan fingerprint density at radius 3 is 2.85 bits per heavy atom. The van der Waals surface area contributed by atoms with Crippen molar-refractivity contribution in [3.05, 3.63) is 54.6 Å². The normalized spacial score (nSPS) is 16.3. The molecule has 3 aromatic rings. The number of pyridine rings is 1. The Morgan fingerprint density at radius 2 is 2.11 bits per heavy atom. The molecule has 1 aromatic carbocycles. The highest BCUT2D eigenvalue weighted by Gasteiger charge is 2.27. The van der Waals surface area contributed by atoms with E-state index in [1.165, 1.54) is 17.4 Å². The van der Waals surface area contributed by atoms with Crippen LogP contribution in [-0.2, 0) is 12.8 Å². The second kappa shape index (κ2) is 6.86. The zero-order valence-electron chi connectivity index (χ0n) is 14.4. The number of anilines is 1. The first-order chi connectivity index (χ1) is 12.8. The Bertz CT molecular complexity index is 1140. The third-order valence-electron chi connectivity index (χ3n) is 4.84. The molecule has 140 valence electrons. The van der Waals surface area contributed by atoms with E-state index >= 15 is 0 Å². The van der Waals surface area contributed by atoms with Gasteiger partial charge < -0.3 is 15.4 Å². The number of hydrogen-bond acceptors (Lipinski definition) is 4. The minimum atomic E-state index is -0.696. The predicted molar refractivity (Wildman–Crippen MR) is 110 cm³/mol. The van der Waals surface area contributed by atoms with Crippen LogP contribution in [0.25, 0.3) is 10.2 Å². The van der Waals surface area contributed by atoms with E-state index in [4.69, 9.17) is 23.2 Å². The molecule has 1 atom stereocenters. The molecule has 0 saturated carbocycles. The first-order valence-corrected chi connectivity index (χ1v) is 10.1. The second-order valence-corrected chi connectivity index (χ2v) is 8.74. The number of H-pyrrole nitrogens is 1. The molecule has 2 aromatic heterocycles. The van der Waals surface area contributed by atoms with Crippen LogP contribution in [0.1, 0.15) is 34.1 Å². The lowest BCUT2D eigenvalue weighted by molar-refractivity contribution is 0.102. The number of benzene rings is 1. The molecule has 27 heavy (non-hydrogen) atoms. The molecule has 3 N–H and O–H groups in total. The summed E-state index contributed by atoms with van der Waals surface area (Å²) in [6.07, 6.45) is 2.76. The topological polar surface area (TPSA) is 82.2 Å². The van der Waals surface area contributed by atoms with Crippen LogP contribution >= 0.6 is 34.5 Å². The first-order valence-electron chi connectivity index (χ1n) is 8.51. The molecule has 0 spiro atoms. The lowest BCUT2D eigenvalue weighted by Crippen LogP contribution is -2.23. The highest BCUT2D eigenvalue weighted by atomic mass is 35.5. The molecule has 8 heteroatoms. The summed E-state index contributed by atoms with van der Waals surface area (Å²) >= 11 is 13.3. The maximum atomic E-state index is 12.7. The van der Waals surface area contributed by atoms with Crippen LogP contribution in [0.5, 0.6) is 5.75 Å². The summed E-state index contributed by atoms with van der Waals surface area (Å²) in [7, 11) is 0. The van der Waals surface area contributed by atoms with Crippen molar-refractivity contribution in [1.82, 2.24) is 4.98 Å². The van der Waals surface area contributed by atoms with Crippen LogP contribution in [-0.4, -0.2) is 16.0 Å². The Morgan fingerprint density at radius 1 is 1.33 bits per heavy atom.